The van der Waals surface area contributed by atoms with Crippen molar-refractivity contribution in [3.05, 3.63) is 0 Å². The number of hydrogen-bond acceptors (Lipinski definition) is 2. The quantitative estimate of drug-likeness (QED) is 0.0935. The SMILES string of the molecule is O=C(O)CCCCCCCCCCCNC(=O)CCCCCCCCCCI. The van der Waals surface area contributed by atoms with Crippen molar-refractivity contribution in [3.63, 3.8) is 0 Å². The maximum atomic E-state index is 11.8. The van der Waals surface area contributed by atoms with Crippen LogP contribution in [0.15, 0.2) is 0 Å². The van der Waals surface area contributed by atoms with Crippen molar-refractivity contribution in [2.75, 3.05) is 11.0 Å². The Morgan fingerprint density at radius 3 is 1.43 bits per heavy atom. The first-order valence-electron chi connectivity index (χ1n) is 11.7. The highest BCUT2D eigenvalue weighted by atomic mass is 127. The fourth-order valence-electron chi connectivity index (χ4n) is 3.40. The minimum atomic E-state index is -0.681. The molecule has 0 heterocycles. The molecule has 28 heavy (non-hydrogen) atoms. The van der Waals surface area contributed by atoms with Gasteiger partial charge in [0.05, 0.1) is 0 Å². The van der Waals surface area contributed by atoms with E-state index in [4.69, 9.17) is 5.11 Å². The second-order valence-corrected chi connectivity index (χ2v) is 9.02. The molecular formula is C23H44INO3. The summed E-state index contributed by atoms with van der Waals surface area (Å²) in [6.45, 7) is 0.824. The zero-order valence-electron chi connectivity index (χ0n) is 18.0. The summed E-state index contributed by atoms with van der Waals surface area (Å²) in [5.74, 6) is -0.455. The third-order valence-electron chi connectivity index (χ3n) is 5.18. The molecule has 0 spiro atoms. The maximum absolute atomic E-state index is 11.8. The molecule has 0 aliphatic carbocycles. The number of halogens is 1. The van der Waals surface area contributed by atoms with E-state index >= 15 is 0 Å². The second-order valence-electron chi connectivity index (χ2n) is 7.94. The average molecular weight is 510 g/mol. The topological polar surface area (TPSA) is 66.4 Å². The summed E-state index contributed by atoms with van der Waals surface area (Å²) in [5, 5.41) is 11.6. The lowest BCUT2D eigenvalue weighted by Gasteiger charge is -2.06. The van der Waals surface area contributed by atoms with Gasteiger partial charge in [-0.25, -0.2) is 0 Å². The number of alkyl halides is 1. The Morgan fingerprint density at radius 2 is 0.964 bits per heavy atom. The third kappa shape index (κ3) is 23.7. The highest BCUT2D eigenvalue weighted by molar-refractivity contribution is 14.1. The zero-order valence-corrected chi connectivity index (χ0v) is 20.1. The fourth-order valence-corrected chi connectivity index (χ4v) is 3.93. The molecule has 0 aromatic rings. The number of nitrogens with one attached hydrogen (secondary N) is 1. The molecule has 0 fully saturated rings. The van der Waals surface area contributed by atoms with E-state index in [9.17, 15) is 9.59 Å². The van der Waals surface area contributed by atoms with Crippen LogP contribution in [-0.2, 0) is 9.59 Å². The smallest absolute Gasteiger partial charge is 0.303 e. The van der Waals surface area contributed by atoms with Gasteiger partial charge in [-0.3, -0.25) is 9.59 Å². The number of carboxylic acids is 1. The molecule has 4 nitrogen and oxygen atoms in total. The van der Waals surface area contributed by atoms with Crippen molar-refractivity contribution >= 4 is 34.5 Å². The van der Waals surface area contributed by atoms with E-state index in [1.807, 2.05) is 0 Å². The molecule has 1 amide bonds. The van der Waals surface area contributed by atoms with Crippen LogP contribution in [0.1, 0.15) is 122 Å². The average Bonchev–Trinajstić information content (AvgIpc) is 2.67. The molecular weight excluding hydrogens is 465 g/mol. The Bertz CT molecular complexity index is 364. The van der Waals surface area contributed by atoms with E-state index in [1.54, 1.807) is 0 Å². The van der Waals surface area contributed by atoms with Gasteiger partial charge in [-0.05, 0) is 30.1 Å². The second kappa shape index (κ2) is 23.0. The minimum Gasteiger partial charge on any atom is -0.481 e. The molecule has 0 aromatic carbocycles. The van der Waals surface area contributed by atoms with Gasteiger partial charge in [0.25, 0.3) is 0 Å². The largest absolute Gasteiger partial charge is 0.481 e. The molecule has 2 N–H and O–H groups in total. The molecule has 0 rings (SSSR count). The van der Waals surface area contributed by atoms with E-state index in [1.165, 1.54) is 81.5 Å². The van der Waals surface area contributed by atoms with Gasteiger partial charge in [0, 0.05) is 19.4 Å². The molecule has 5 heteroatoms. The van der Waals surface area contributed by atoms with Crippen LogP contribution >= 0.6 is 22.6 Å². The highest BCUT2D eigenvalue weighted by Gasteiger charge is 2.01. The summed E-state index contributed by atoms with van der Waals surface area (Å²) in [6, 6.07) is 0. The van der Waals surface area contributed by atoms with Crippen LogP contribution in [-0.4, -0.2) is 28.0 Å². The standard InChI is InChI=1S/C23H44INO3/c24-20-16-12-8-4-3-6-10-14-18-22(26)25-21-17-13-9-5-1-2-7-11-15-19-23(27)28/h1-21H2,(H,25,26)(H,27,28). The lowest BCUT2D eigenvalue weighted by molar-refractivity contribution is -0.137. The van der Waals surface area contributed by atoms with Gasteiger partial charge in [0.15, 0.2) is 0 Å². The summed E-state index contributed by atoms with van der Waals surface area (Å²) < 4.78 is 1.28. The van der Waals surface area contributed by atoms with Crippen LogP contribution in [0.25, 0.3) is 0 Å². The Balaban J connectivity index is 3.16. The van der Waals surface area contributed by atoms with Crippen LogP contribution in [0.2, 0.25) is 0 Å². The first kappa shape index (κ1) is 27.7. The van der Waals surface area contributed by atoms with Gasteiger partial charge in [0.1, 0.15) is 0 Å². The normalized spacial score (nSPS) is 10.9. The number of aliphatic carboxylic acids is 1. The van der Waals surface area contributed by atoms with E-state index in [0.29, 0.717) is 12.8 Å². The van der Waals surface area contributed by atoms with Gasteiger partial charge in [0.2, 0.25) is 5.91 Å². The minimum absolute atomic E-state index is 0.225. The molecule has 166 valence electrons. The highest BCUT2D eigenvalue weighted by Crippen LogP contribution is 2.11. The van der Waals surface area contributed by atoms with Gasteiger partial charge >= 0.3 is 5.97 Å². The van der Waals surface area contributed by atoms with Gasteiger partial charge < -0.3 is 10.4 Å². The Kier molecular flexibility index (Phi) is 22.7. The number of amides is 1. The summed E-state index contributed by atoms with van der Waals surface area (Å²) >= 11 is 2.45. The third-order valence-corrected chi connectivity index (χ3v) is 5.94. The molecule has 0 bridgehead atoms. The maximum Gasteiger partial charge on any atom is 0.303 e. The molecule has 0 saturated heterocycles. The summed E-state index contributed by atoms with van der Waals surface area (Å²) in [4.78, 5) is 22.2. The van der Waals surface area contributed by atoms with E-state index in [0.717, 1.165) is 38.6 Å². The summed E-state index contributed by atoms with van der Waals surface area (Å²) in [5.41, 5.74) is 0. The first-order valence-corrected chi connectivity index (χ1v) is 13.2. The molecule has 0 saturated carbocycles. The molecule has 0 aliphatic rings. The number of carbonyl (C=O) groups excluding carboxylic acids is 1. The Morgan fingerprint density at radius 1 is 0.571 bits per heavy atom. The Labute approximate surface area is 187 Å². The van der Waals surface area contributed by atoms with Crippen LogP contribution < -0.4 is 5.32 Å². The number of carbonyl (C=O) groups is 2. The van der Waals surface area contributed by atoms with Crippen LogP contribution in [0.5, 0.6) is 0 Å². The number of rotatable bonds is 22. The van der Waals surface area contributed by atoms with Crippen molar-refractivity contribution in [1.29, 1.82) is 0 Å². The first-order chi connectivity index (χ1) is 13.7. The lowest BCUT2D eigenvalue weighted by Crippen LogP contribution is -2.23. The van der Waals surface area contributed by atoms with E-state index in [-0.39, 0.29) is 5.91 Å². The monoisotopic (exact) mass is 509 g/mol. The van der Waals surface area contributed by atoms with Crippen molar-refractivity contribution in [3.8, 4) is 0 Å². The van der Waals surface area contributed by atoms with Crippen molar-refractivity contribution in [1.82, 2.24) is 5.32 Å². The fraction of sp³-hybridized carbons (Fsp3) is 0.913. The summed E-state index contributed by atoms with van der Waals surface area (Å²) in [6.07, 6.45) is 21.5. The van der Waals surface area contributed by atoms with Gasteiger partial charge in [-0.2, -0.15) is 0 Å². The molecule has 0 aromatic heterocycles. The van der Waals surface area contributed by atoms with Gasteiger partial charge in [-0.15, -0.1) is 0 Å². The van der Waals surface area contributed by atoms with Crippen LogP contribution in [0, 0.1) is 0 Å². The number of carboxylic acid groups (broad SMARTS) is 1. The number of hydrogen-bond donors (Lipinski definition) is 2. The van der Waals surface area contributed by atoms with Crippen molar-refractivity contribution < 1.29 is 14.7 Å². The van der Waals surface area contributed by atoms with Crippen molar-refractivity contribution in [2.24, 2.45) is 0 Å². The predicted molar refractivity (Wildman–Crippen MR) is 127 cm³/mol. The van der Waals surface area contributed by atoms with E-state index < -0.39 is 5.97 Å². The summed E-state index contributed by atoms with van der Waals surface area (Å²) in [7, 11) is 0. The Hall–Kier alpha value is -0.330. The van der Waals surface area contributed by atoms with Crippen molar-refractivity contribution in [2.45, 2.75) is 122 Å². The van der Waals surface area contributed by atoms with E-state index in [2.05, 4.69) is 27.9 Å². The molecule has 0 unspecified atom stereocenters. The molecule has 0 radical (unpaired) electrons. The zero-order chi connectivity index (χ0) is 20.7. The molecule has 0 atom stereocenters. The van der Waals surface area contributed by atoms with Crippen LogP contribution in [0.3, 0.4) is 0 Å². The lowest BCUT2D eigenvalue weighted by atomic mass is 10.1. The molecule has 0 aliphatic heterocycles. The van der Waals surface area contributed by atoms with Crippen LogP contribution in [0.4, 0.5) is 0 Å². The number of unbranched alkanes of at least 4 members (excludes halogenated alkanes) is 15. The predicted octanol–water partition coefficient (Wildman–Crippen LogP) is 7.03. The van der Waals surface area contributed by atoms with Gasteiger partial charge in [-0.1, -0.05) is 106 Å².